The predicted molar refractivity (Wildman–Crippen MR) is 112 cm³/mol. The predicted octanol–water partition coefficient (Wildman–Crippen LogP) is 3.12. The molecule has 1 aromatic carbocycles. The molecule has 170 valence electrons. The normalized spacial score (nSPS) is 23.2. The lowest BCUT2D eigenvalue weighted by Gasteiger charge is -2.30. The van der Waals surface area contributed by atoms with Crippen LogP contribution in [0.15, 0.2) is 18.2 Å². The monoisotopic (exact) mass is 435 g/mol. The molecule has 1 atom stereocenters. The number of hydrogen-bond donors (Lipinski definition) is 3. The fraction of sp³-hybridized carbons (Fsp3) is 0.591. The summed E-state index contributed by atoms with van der Waals surface area (Å²) in [6, 6.07) is 2.96. The second kappa shape index (κ2) is 8.82. The van der Waals surface area contributed by atoms with Gasteiger partial charge in [0.1, 0.15) is 17.5 Å². The lowest BCUT2D eigenvalue weighted by molar-refractivity contribution is -0.143. The third-order valence-electron chi connectivity index (χ3n) is 5.70. The Hall–Kier alpha value is -2.68. The molecule has 2 aliphatic rings. The largest absolute Gasteiger partial charge is 0.467 e. The number of methoxy groups -OCH3 is 1. The molecule has 0 saturated carbocycles. The zero-order valence-electron chi connectivity index (χ0n) is 18.3. The topological polar surface area (TPSA) is 106 Å². The number of esters is 1. The Morgan fingerprint density at radius 2 is 1.94 bits per heavy atom. The van der Waals surface area contributed by atoms with E-state index >= 15 is 0 Å². The average Bonchev–Trinajstić information content (AvgIpc) is 3.27. The number of benzene rings is 1. The van der Waals surface area contributed by atoms with E-state index in [-0.39, 0.29) is 16.8 Å². The number of rotatable bonds is 6. The summed E-state index contributed by atoms with van der Waals surface area (Å²) in [5.74, 6) is -1.91. The molecular formula is C22H30FN3O5. The summed E-state index contributed by atoms with van der Waals surface area (Å²) in [6.45, 7) is 5.11. The molecule has 2 bridgehead atoms. The maximum Gasteiger partial charge on any atom is 0.412 e. The van der Waals surface area contributed by atoms with Gasteiger partial charge in [0, 0.05) is 11.6 Å². The standard InChI is InChI=1S/C22H30FN3O5/c1-21(2,3)31-20(29)25-16-6-5-13(23)11-15(16)18(27)24-17(19(28)30-4)12-22-9-7-14(26-22)8-10-22/h5-6,11,14,17,26H,7-10,12H2,1-4H3,(H,24,27)(H,25,29). The van der Waals surface area contributed by atoms with E-state index in [9.17, 15) is 18.8 Å². The SMILES string of the molecule is COC(=O)C(CC12CCC(CC1)N2)NC(=O)c1cc(F)ccc1NC(=O)OC(C)(C)C. The van der Waals surface area contributed by atoms with Crippen LogP contribution in [0.25, 0.3) is 0 Å². The van der Waals surface area contributed by atoms with Gasteiger partial charge in [-0.05, 0) is 71.1 Å². The zero-order chi connectivity index (χ0) is 22.8. The number of nitrogens with one attached hydrogen (secondary N) is 3. The number of fused-ring (bicyclic) bond motifs is 2. The van der Waals surface area contributed by atoms with Crippen molar-refractivity contribution < 1.29 is 28.2 Å². The van der Waals surface area contributed by atoms with Crippen molar-refractivity contribution in [1.82, 2.24) is 10.6 Å². The summed E-state index contributed by atoms with van der Waals surface area (Å²) in [7, 11) is 1.26. The van der Waals surface area contributed by atoms with E-state index in [1.54, 1.807) is 20.8 Å². The maximum absolute atomic E-state index is 13.9. The van der Waals surface area contributed by atoms with E-state index in [0.29, 0.717) is 12.5 Å². The lowest BCUT2D eigenvalue weighted by atomic mass is 9.83. The molecule has 3 rings (SSSR count). The molecule has 0 aliphatic carbocycles. The highest BCUT2D eigenvalue weighted by molar-refractivity contribution is 6.04. The van der Waals surface area contributed by atoms with Gasteiger partial charge in [-0.15, -0.1) is 0 Å². The highest BCUT2D eigenvalue weighted by atomic mass is 19.1. The molecule has 3 N–H and O–H groups in total. The Labute approximate surface area is 181 Å². The van der Waals surface area contributed by atoms with Gasteiger partial charge in [0.25, 0.3) is 5.91 Å². The van der Waals surface area contributed by atoms with Crippen molar-refractivity contribution in [2.45, 2.75) is 76.1 Å². The first kappa shape index (κ1) is 23.0. The number of anilines is 1. The van der Waals surface area contributed by atoms with Crippen molar-refractivity contribution in [1.29, 1.82) is 0 Å². The molecule has 2 heterocycles. The van der Waals surface area contributed by atoms with Crippen molar-refractivity contribution in [3.63, 3.8) is 0 Å². The van der Waals surface area contributed by atoms with E-state index in [0.717, 1.165) is 37.8 Å². The summed E-state index contributed by atoms with van der Waals surface area (Å²) < 4.78 is 24.0. The molecule has 0 radical (unpaired) electrons. The van der Waals surface area contributed by atoms with Gasteiger partial charge < -0.3 is 20.1 Å². The highest BCUT2D eigenvalue weighted by Crippen LogP contribution is 2.40. The molecule has 0 aromatic heterocycles. The summed E-state index contributed by atoms with van der Waals surface area (Å²) >= 11 is 0. The van der Waals surface area contributed by atoms with Crippen molar-refractivity contribution in [2.24, 2.45) is 0 Å². The summed E-state index contributed by atoms with van der Waals surface area (Å²) in [5.41, 5.74) is -0.984. The number of amides is 2. The minimum Gasteiger partial charge on any atom is -0.467 e. The summed E-state index contributed by atoms with van der Waals surface area (Å²) in [5, 5.41) is 8.68. The second-order valence-electron chi connectivity index (χ2n) is 9.27. The van der Waals surface area contributed by atoms with Crippen LogP contribution < -0.4 is 16.0 Å². The van der Waals surface area contributed by atoms with Gasteiger partial charge in [0.15, 0.2) is 0 Å². The highest BCUT2D eigenvalue weighted by Gasteiger charge is 2.46. The van der Waals surface area contributed by atoms with Gasteiger partial charge >= 0.3 is 12.1 Å². The van der Waals surface area contributed by atoms with Crippen molar-refractivity contribution in [3.05, 3.63) is 29.6 Å². The fourth-order valence-corrected chi connectivity index (χ4v) is 4.34. The van der Waals surface area contributed by atoms with Crippen molar-refractivity contribution in [3.8, 4) is 0 Å². The van der Waals surface area contributed by atoms with Crippen LogP contribution in [0.5, 0.6) is 0 Å². The van der Waals surface area contributed by atoms with Crippen LogP contribution in [-0.2, 0) is 14.3 Å². The van der Waals surface area contributed by atoms with Gasteiger partial charge in [-0.2, -0.15) is 0 Å². The Bertz CT molecular complexity index is 859. The Kier molecular flexibility index (Phi) is 6.54. The summed E-state index contributed by atoms with van der Waals surface area (Å²) in [4.78, 5) is 37.5. The first-order valence-electron chi connectivity index (χ1n) is 10.5. The van der Waals surface area contributed by atoms with Gasteiger partial charge in [-0.1, -0.05) is 0 Å². The van der Waals surface area contributed by atoms with E-state index in [1.807, 2.05) is 0 Å². The molecule has 0 spiro atoms. The Morgan fingerprint density at radius 3 is 2.48 bits per heavy atom. The molecule has 1 aromatic rings. The van der Waals surface area contributed by atoms with Crippen molar-refractivity contribution >= 4 is 23.7 Å². The molecule has 1 unspecified atom stereocenters. The molecule has 8 nitrogen and oxygen atoms in total. The van der Waals surface area contributed by atoms with Gasteiger partial charge in [-0.3, -0.25) is 10.1 Å². The van der Waals surface area contributed by atoms with Crippen molar-refractivity contribution in [2.75, 3.05) is 12.4 Å². The molecule has 31 heavy (non-hydrogen) atoms. The van der Waals surface area contributed by atoms with E-state index in [2.05, 4.69) is 16.0 Å². The smallest absolute Gasteiger partial charge is 0.412 e. The van der Waals surface area contributed by atoms with E-state index in [1.165, 1.54) is 13.2 Å². The first-order valence-corrected chi connectivity index (χ1v) is 10.5. The van der Waals surface area contributed by atoms with Gasteiger partial charge in [-0.25, -0.2) is 14.0 Å². The quantitative estimate of drug-likeness (QED) is 0.593. The van der Waals surface area contributed by atoms with Crippen LogP contribution in [0.1, 0.15) is 63.2 Å². The fourth-order valence-electron chi connectivity index (χ4n) is 4.34. The first-order chi connectivity index (χ1) is 14.5. The van der Waals surface area contributed by atoms with Gasteiger partial charge in [0.2, 0.25) is 0 Å². The van der Waals surface area contributed by atoms with E-state index < -0.39 is 35.4 Å². The van der Waals surface area contributed by atoms with Crippen LogP contribution in [-0.4, -0.2) is 48.3 Å². The Morgan fingerprint density at radius 1 is 1.26 bits per heavy atom. The third kappa shape index (κ3) is 5.72. The number of ether oxygens (including phenoxy) is 2. The molecule has 2 saturated heterocycles. The minimum absolute atomic E-state index is 0.0786. The molecule has 9 heteroatoms. The second-order valence-corrected chi connectivity index (χ2v) is 9.27. The third-order valence-corrected chi connectivity index (χ3v) is 5.70. The van der Waals surface area contributed by atoms with Crippen LogP contribution in [0.2, 0.25) is 0 Å². The van der Waals surface area contributed by atoms with Crippen LogP contribution in [0, 0.1) is 5.82 Å². The average molecular weight is 435 g/mol. The molecule has 2 amide bonds. The van der Waals surface area contributed by atoms with Crippen LogP contribution >= 0.6 is 0 Å². The Balaban J connectivity index is 1.77. The number of carbonyl (C=O) groups excluding carboxylic acids is 3. The van der Waals surface area contributed by atoms with Crippen LogP contribution in [0.3, 0.4) is 0 Å². The number of hydrogen-bond acceptors (Lipinski definition) is 6. The van der Waals surface area contributed by atoms with Gasteiger partial charge in [0.05, 0.1) is 18.4 Å². The minimum atomic E-state index is -0.903. The maximum atomic E-state index is 13.9. The zero-order valence-corrected chi connectivity index (χ0v) is 18.3. The number of carbonyl (C=O) groups is 3. The molecular weight excluding hydrogens is 405 g/mol. The molecule has 2 aliphatic heterocycles. The molecule has 2 fully saturated rings. The summed E-state index contributed by atoms with van der Waals surface area (Å²) in [6.07, 6.45) is 3.53. The van der Waals surface area contributed by atoms with E-state index in [4.69, 9.17) is 9.47 Å². The number of halogens is 1. The lowest BCUT2D eigenvalue weighted by Crippen LogP contribution is -2.49. The van der Waals surface area contributed by atoms with Crippen LogP contribution in [0.4, 0.5) is 14.9 Å².